The molecule has 0 fully saturated rings. The van der Waals surface area contributed by atoms with Gasteiger partial charge in [0.15, 0.2) is 0 Å². The second kappa shape index (κ2) is 4.53. The molecule has 1 N–H and O–H groups in total. The molecule has 0 aliphatic rings. The molecule has 0 radical (unpaired) electrons. The summed E-state index contributed by atoms with van der Waals surface area (Å²) in [7, 11) is 0. The fraction of sp³-hybridized carbons (Fsp3) is 0. The lowest BCUT2D eigenvalue weighted by Crippen LogP contribution is -2.00. The number of nitrogens with one attached hydrogen (secondary N) is 1. The van der Waals surface area contributed by atoms with Crippen LogP contribution in [-0.4, -0.2) is 16.3 Å². The first-order valence-electron chi connectivity index (χ1n) is 3.80. The van der Waals surface area contributed by atoms with E-state index in [-0.39, 0.29) is 17.1 Å². The van der Waals surface area contributed by atoms with E-state index in [4.69, 9.17) is 11.6 Å². The van der Waals surface area contributed by atoms with Gasteiger partial charge in [0.25, 0.3) is 11.4 Å². The molecule has 0 heterocycles. The van der Waals surface area contributed by atoms with Gasteiger partial charge in [-0.2, -0.15) is 0 Å². The molecular formula is C7H4ClN3O5. The summed E-state index contributed by atoms with van der Waals surface area (Å²) in [5.41, 5.74) is -1.35. The Kier molecular flexibility index (Phi) is 3.36. The minimum Gasteiger partial charge on any atom is -0.327 e. The third-order valence-electron chi connectivity index (χ3n) is 1.66. The van der Waals surface area contributed by atoms with Crippen LogP contribution in [0.15, 0.2) is 12.1 Å². The number of rotatable bonds is 4. The number of nitro benzene ring substituents is 2. The van der Waals surface area contributed by atoms with E-state index < -0.39 is 21.2 Å². The third kappa shape index (κ3) is 2.23. The molecule has 0 saturated carbocycles. The molecule has 1 rings (SSSR count). The van der Waals surface area contributed by atoms with Gasteiger partial charge in [0.1, 0.15) is 5.02 Å². The maximum Gasteiger partial charge on any atom is 0.296 e. The predicted octanol–water partition coefficient (Wildman–Crippen LogP) is 1.72. The number of nitrogens with zero attached hydrogens (tertiary/aromatic N) is 2. The Labute approximate surface area is 93.1 Å². The molecule has 1 amide bonds. The van der Waals surface area contributed by atoms with E-state index in [9.17, 15) is 25.0 Å². The van der Waals surface area contributed by atoms with Crippen LogP contribution in [-0.2, 0) is 4.79 Å². The molecule has 0 spiro atoms. The number of halogens is 1. The molecule has 16 heavy (non-hydrogen) atoms. The Hall–Kier alpha value is -2.22. The van der Waals surface area contributed by atoms with Gasteiger partial charge in [-0.25, -0.2) is 0 Å². The highest BCUT2D eigenvalue weighted by Gasteiger charge is 2.22. The third-order valence-corrected chi connectivity index (χ3v) is 2.06. The van der Waals surface area contributed by atoms with E-state index in [1.165, 1.54) is 0 Å². The monoisotopic (exact) mass is 245 g/mol. The second-order valence-corrected chi connectivity index (χ2v) is 2.98. The largest absolute Gasteiger partial charge is 0.327 e. The van der Waals surface area contributed by atoms with Crippen LogP contribution in [0.2, 0.25) is 5.02 Å². The molecule has 0 aromatic heterocycles. The molecular weight excluding hydrogens is 242 g/mol. The van der Waals surface area contributed by atoms with E-state index in [1.54, 1.807) is 0 Å². The van der Waals surface area contributed by atoms with Crippen LogP contribution in [0.1, 0.15) is 0 Å². The van der Waals surface area contributed by atoms with Gasteiger partial charge in [0.05, 0.1) is 21.6 Å². The molecule has 84 valence electrons. The summed E-state index contributed by atoms with van der Waals surface area (Å²) < 4.78 is 0. The average molecular weight is 246 g/mol. The van der Waals surface area contributed by atoms with Gasteiger partial charge < -0.3 is 5.32 Å². The van der Waals surface area contributed by atoms with Crippen molar-refractivity contribution >= 4 is 35.1 Å². The first-order valence-corrected chi connectivity index (χ1v) is 4.17. The fourth-order valence-electron chi connectivity index (χ4n) is 1.00. The number of hydrogen-bond acceptors (Lipinski definition) is 5. The molecule has 0 aliphatic heterocycles. The van der Waals surface area contributed by atoms with Crippen LogP contribution in [0, 0.1) is 20.2 Å². The van der Waals surface area contributed by atoms with E-state index in [2.05, 4.69) is 0 Å². The Morgan fingerprint density at radius 3 is 2.31 bits per heavy atom. The van der Waals surface area contributed by atoms with Crippen LogP contribution < -0.4 is 5.32 Å². The van der Waals surface area contributed by atoms with Crippen molar-refractivity contribution in [2.24, 2.45) is 0 Å². The Morgan fingerprint density at radius 1 is 1.25 bits per heavy atom. The standard InChI is InChI=1S/C7H4ClN3O5/c8-7-5(9-3-12)1-4(10(13)14)2-6(7)11(15)16/h1-3H,(H,9,12). The van der Waals surface area contributed by atoms with E-state index in [1.807, 2.05) is 5.32 Å². The van der Waals surface area contributed by atoms with Crippen molar-refractivity contribution in [1.29, 1.82) is 0 Å². The Morgan fingerprint density at radius 2 is 1.88 bits per heavy atom. The summed E-state index contributed by atoms with van der Waals surface area (Å²) in [4.78, 5) is 29.5. The SMILES string of the molecule is O=CNc1cc([N+](=O)[O-])cc([N+](=O)[O-])c1Cl. The summed E-state index contributed by atoms with van der Waals surface area (Å²) in [6, 6.07) is 1.65. The number of amides is 1. The molecule has 0 unspecified atom stereocenters. The first kappa shape index (κ1) is 11.9. The van der Waals surface area contributed by atoms with Crippen molar-refractivity contribution in [1.82, 2.24) is 0 Å². The van der Waals surface area contributed by atoms with Crippen LogP contribution in [0.3, 0.4) is 0 Å². The summed E-state index contributed by atoms with van der Waals surface area (Å²) >= 11 is 5.57. The topological polar surface area (TPSA) is 115 Å². The average Bonchev–Trinajstić information content (AvgIpc) is 2.20. The van der Waals surface area contributed by atoms with Gasteiger partial charge in [-0.3, -0.25) is 25.0 Å². The number of non-ortho nitro benzene ring substituents is 1. The van der Waals surface area contributed by atoms with Gasteiger partial charge in [-0.15, -0.1) is 0 Å². The molecule has 1 aromatic carbocycles. The minimum atomic E-state index is -0.870. The Bertz CT molecular complexity index is 475. The summed E-state index contributed by atoms with van der Waals surface area (Å²) in [6.07, 6.45) is 0.217. The minimum absolute atomic E-state index is 0.183. The molecule has 8 nitrogen and oxygen atoms in total. The van der Waals surface area contributed by atoms with Crippen molar-refractivity contribution in [2.45, 2.75) is 0 Å². The molecule has 0 saturated heterocycles. The highest BCUT2D eigenvalue weighted by Crippen LogP contribution is 2.35. The molecule has 1 aromatic rings. The number of benzene rings is 1. The first-order chi connectivity index (χ1) is 7.47. The van der Waals surface area contributed by atoms with Crippen molar-refractivity contribution < 1.29 is 14.6 Å². The second-order valence-electron chi connectivity index (χ2n) is 2.60. The van der Waals surface area contributed by atoms with Crippen molar-refractivity contribution in [3.8, 4) is 0 Å². The van der Waals surface area contributed by atoms with E-state index >= 15 is 0 Å². The van der Waals surface area contributed by atoms with Crippen LogP contribution in [0.25, 0.3) is 0 Å². The van der Waals surface area contributed by atoms with Gasteiger partial charge in [0, 0.05) is 6.07 Å². The zero-order valence-corrected chi connectivity index (χ0v) is 8.30. The lowest BCUT2D eigenvalue weighted by Gasteiger charge is -2.02. The van der Waals surface area contributed by atoms with Crippen LogP contribution in [0.4, 0.5) is 17.1 Å². The van der Waals surface area contributed by atoms with Gasteiger partial charge >= 0.3 is 0 Å². The predicted molar refractivity (Wildman–Crippen MR) is 54.4 cm³/mol. The van der Waals surface area contributed by atoms with Gasteiger partial charge in [0.2, 0.25) is 6.41 Å². The van der Waals surface area contributed by atoms with Gasteiger partial charge in [-0.1, -0.05) is 11.6 Å². The number of carbonyl (C=O) groups excluding carboxylic acids is 1. The highest BCUT2D eigenvalue weighted by molar-refractivity contribution is 6.35. The molecule has 9 heteroatoms. The maximum absolute atomic E-state index is 10.5. The number of carbonyl (C=O) groups is 1. The Balaban J connectivity index is 3.44. The maximum atomic E-state index is 10.5. The van der Waals surface area contributed by atoms with Gasteiger partial charge in [-0.05, 0) is 0 Å². The quantitative estimate of drug-likeness (QED) is 0.492. The van der Waals surface area contributed by atoms with Crippen LogP contribution >= 0.6 is 11.6 Å². The molecule has 0 aliphatic carbocycles. The smallest absolute Gasteiger partial charge is 0.296 e. The highest BCUT2D eigenvalue weighted by atomic mass is 35.5. The van der Waals surface area contributed by atoms with Crippen molar-refractivity contribution in [3.63, 3.8) is 0 Å². The normalized spacial score (nSPS) is 9.56. The van der Waals surface area contributed by atoms with Crippen molar-refractivity contribution in [3.05, 3.63) is 37.4 Å². The lowest BCUT2D eigenvalue weighted by atomic mass is 10.2. The van der Waals surface area contributed by atoms with Crippen molar-refractivity contribution in [2.75, 3.05) is 5.32 Å². The lowest BCUT2D eigenvalue weighted by molar-refractivity contribution is -0.394. The molecule has 0 bridgehead atoms. The van der Waals surface area contributed by atoms with E-state index in [0.717, 1.165) is 12.1 Å². The number of hydrogen-bond donors (Lipinski definition) is 1. The number of nitro groups is 2. The fourth-order valence-corrected chi connectivity index (χ4v) is 1.23. The van der Waals surface area contributed by atoms with E-state index in [0.29, 0.717) is 0 Å². The number of anilines is 1. The summed E-state index contributed by atoms with van der Waals surface area (Å²) in [5, 5.41) is 22.7. The zero-order chi connectivity index (χ0) is 12.3. The summed E-state index contributed by atoms with van der Waals surface area (Å²) in [5.74, 6) is 0. The zero-order valence-electron chi connectivity index (χ0n) is 7.55. The van der Waals surface area contributed by atoms with Crippen LogP contribution in [0.5, 0.6) is 0 Å². The summed E-state index contributed by atoms with van der Waals surface area (Å²) in [6.45, 7) is 0. The molecule has 0 atom stereocenters.